The lowest BCUT2D eigenvalue weighted by atomic mass is 9.81. The van der Waals surface area contributed by atoms with Crippen molar-refractivity contribution in [3.63, 3.8) is 0 Å². The average molecular weight is 237 g/mol. The van der Waals surface area contributed by atoms with Gasteiger partial charge in [0.15, 0.2) is 0 Å². The molecule has 0 aliphatic carbocycles. The van der Waals surface area contributed by atoms with E-state index in [-0.39, 0.29) is 5.41 Å². The highest BCUT2D eigenvalue weighted by Crippen LogP contribution is 2.29. The lowest BCUT2D eigenvalue weighted by Crippen LogP contribution is -2.28. The van der Waals surface area contributed by atoms with Crippen molar-refractivity contribution in [1.82, 2.24) is 4.37 Å². The Kier molecular flexibility index (Phi) is 3.93. The molecule has 0 aromatic carbocycles. The van der Waals surface area contributed by atoms with Gasteiger partial charge in [-0.3, -0.25) is 0 Å². The van der Waals surface area contributed by atoms with Gasteiger partial charge in [-0.15, -0.1) is 0 Å². The van der Waals surface area contributed by atoms with Crippen molar-refractivity contribution in [3.8, 4) is 6.07 Å². The number of rotatable bonds is 4. The Morgan fingerprint density at radius 2 is 2.12 bits per heavy atom. The summed E-state index contributed by atoms with van der Waals surface area (Å²) in [7, 11) is 0. The van der Waals surface area contributed by atoms with E-state index in [1.54, 1.807) is 0 Å². The van der Waals surface area contributed by atoms with Crippen molar-refractivity contribution in [2.75, 3.05) is 11.9 Å². The average Bonchev–Trinajstić information content (AvgIpc) is 2.56. The molecule has 0 saturated carbocycles. The molecule has 0 atom stereocenters. The van der Waals surface area contributed by atoms with Crippen molar-refractivity contribution < 1.29 is 0 Å². The summed E-state index contributed by atoms with van der Waals surface area (Å²) < 4.78 is 4.19. The normalized spacial score (nSPS) is 11.6. The highest BCUT2D eigenvalue weighted by molar-refractivity contribution is 7.10. The summed E-state index contributed by atoms with van der Waals surface area (Å²) in [6.07, 6.45) is 0. The molecule has 0 amide bonds. The minimum Gasteiger partial charge on any atom is -0.374 e. The van der Waals surface area contributed by atoms with Crippen LogP contribution in [0.4, 0.5) is 5.00 Å². The van der Waals surface area contributed by atoms with E-state index >= 15 is 0 Å². The third-order valence-corrected chi connectivity index (χ3v) is 4.14. The van der Waals surface area contributed by atoms with Crippen molar-refractivity contribution in [3.05, 3.63) is 11.3 Å². The number of nitriles is 1. The Labute approximate surface area is 102 Å². The molecule has 0 unspecified atom stereocenters. The van der Waals surface area contributed by atoms with E-state index in [4.69, 9.17) is 5.26 Å². The van der Waals surface area contributed by atoms with Gasteiger partial charge in [-0.25, -0.2) is 0 Å². The largest absolute Gasteiger partial charge is 0.374 e. The standard InChI is InChI=1S/C12H19N3S/c1-8(2)12(4,5)7-14-11-10(6-13)9(3)15-16-11/h8,14H,7H2,1-5H3. The molecule has 1 aromatic heterocycles. The maximum absolute atomic E-state index is 9.00. The molecule has 0 radical (unpaired) electrons. The second-order valence-electron chi connectivity index (χ2n) is 5.08. The lowest BCUT2D eigenvalue weighted by molar-refractivity contribution is 0.270. The Balaban J connectivity index is 2.73. The van der Waals surface area contributed by atoms with Crippen LogP contribution < -0.4 is 5.32 Å². The molecule has 1 aromatic rings. The molecule has 16 heavy (non-hydrogen) atoms. The molecule has 0 aliphatic heterocycles. The van der Waals surface area contributed by atoms with Gasteiger partial charge in [0.05, 0.1) is 5.69 Å². The molecule has 88 valence electrons. The Morgan fingerprint density at radius 1 is 1.50 bits per heavy atom. The van der Waals surface area contributed by atoms with Crippen LogP contribution in [0.5, 0.6) is 0 Å². The van der Waals surface area contributed by atoms with E-state index in [2.05, 4.69) is 43.5 Å². The molecular formula is C12H19N3S. The van der Waals surface area contributed by atoms with Gasteiger partial charge in [-0.05, 0) is 29.8 Å². The third-order valence-electron chi connectivity index (χ3n) is 3.24. The van der Waals surface area contributed by atoms with Gasteiger partial charge < -0.3 is 5.32 Å². The first-order chi connectivity index (χ1) is 7.38. The fourth-order valence-corrected chi connectivity index (χ4v) is 1.88. The highest BCUT2D eigenvalue weighted by Gasteiger charge is 2.23. The summed E-state index contributed by atoms with van der Waals surface area (Å²) in [5.74, 6) is 0.597. The Bertz CT molecular complexity index is 399. The van der Waals surface area contributed by atoms with Crippen LogP contribution in [0.3, 0.4) is 0 Å². The molecule has 4 heteroatoms. The van der Waals surface area contributed by atoms with Crippen LogP contribution in [0.1, 0.15) is 39.0 Å². The fourth-order valence-electron chi connectivity index (χ4n) is 1.13. The van der Waals surface area contributed by atoms with Crippen LogP contribution in [-0.2, 0) is 0 Å². The number of nitrogens with one attached hydrogen (secondary N) is 1. The molecule has 0 aliphatic rings. The zero-order valence-corrected chi connectivity index (χ0v) is 11.4. The number of hydrogen-bond donors (Lipinski definition) is 1. The summed E-state index contributed by atoms with van der Waals surface area (Å²) in [6, 6.07) is 2.19. The first-order valence-electron chi connectivity index (χ1n) is 5.48. The maximum Gasteiger partial charge on any atom is 0.127 e. The quantitative estimate of drug-likeness (QED) is 0.873. The van der Waals surface area contributed by atoms with Gasteiger partial charge in [0.25, 0.3) is 0 Å². The van der Waals surface area contributed by atoms with Crippen LogP contribution in [-0.4, -0.2) is 10.9 Å². The van der Waals surface area contributed by atoms with Crippen molar-refractivity contribution in [2.24, 2.45) is 11.3 Å². The topological polar surface area (TPSA) is 48.7 Å². The van der Waals surface area contributed by atoms with Gasteiger partial charge in [-0.1, -0.05) is 27.7 Å². The second-order valence-corrected chi connectivity index (χ2v) is 5.85. The summed E-state index contributed by atoms with van der Waals surface area (Å²) in [6.45, 7) is 11.6. The molecule has 1 heterocycles. The summed E-state index contributed by atoms with van der Waals surface area (Å²) in [5, 5.41) is 13.2. The number of aryl methyl sites for hydroxylation is 1. The summed E-state index contributed by atoms with van der Waals surface area (Å²) in [5.41, 5.74) is 1.71. The van der Waals surface area contributed by atoms with Crippen LogP contribution in [0.2, 0.25) is 0 Å². The SMILES string of the molecule is Cc1nsc(NCC(C)(C)C(C)C)c1C#N. The van der Waals surface area contributed by atoms with Gasteiger partial charge in [-0.2, -0.15) is 9.64 Å². The molecular weight excluding hydrogens is 218 g/mol. The van der Waals surface area contributed by atoms with Crippen molar-refractivity contribution >= 4 is 16.5 Å². The maximum atomic E-state index is 9.00. The van der Waals surface area contributed by atoms with E-state index in [1.807, 2.05) is 6.92 Å². The van der Waals surface area contributed by atoms with E-state index in [9.17, 15) is 0 Å². The van der Waals surface area contributed by atoms with E-state index in [0.717, 1.165) is 17.2 Å². The summed E-state index contributed by atoms with van der Waals surface area (Å²) in [4.78, 5) is 0. The second kappa shape index (κ2) is 4.84. The highest BCUT2D eigenvalue weighted by atomic mass is 32.1. The minimum absolute atomic E-state index is 0.213. The van der Waals surface area contributed by atoms with Crippen LogP contribution >= 0.6 is 11.5 Å². The fraction of sp³-hybridized carbons (Fsp3) is 0.667. The smallest absolute Gasteiger partial charge is 0.127 e. The number of aromatic nitrogens is 1. The van der Waals surface area contributed by atoms with Gasteiger partial charge in [0.1, 0.15) is 16.6 Å². The number of nitrogens with zero attached hydrogens (tertiary/aromatic N) is 2. The molecule has 0 bridgehead atoms. The van der Waals surface area contributed by atoms with E-state index in [0.29, 0.717) is 11.5 Å². The molecule has 3 nitrogen and oxygen atoms in total. The van der Waals surface area contributed by atoms with Gasteiger partial charge >= 0.3 is 0 Å². The monoisotopic (exact) mass is 237 g/mol. The van der Waals surface area contributed by atoms with Gasteiger partial charge in [0.2, 0.25) is 0 Å². The van der Waals surface area contributed by atoms with Crippen molar-refractivity contribution in [2.45, 2.75) is 34.6 Å². The van der Waals surface area contributed by atoms with E-state index in [1.165, 1.54) is 11.5 Å². The Morgan fingerprint density at radius 3 is 2.62 bits per heavy atom. The first kappa shape index (κ1) is 13.0. The Hall–Kier alpha value is -1.08. The van der Waals surface area contributed by atoms with Crippen LogP contribution in [0, 0.1) is 29.6 Å². The minimum atomic E-state index is 0.213. The molecule has 0 spiro atoms. The van der Waals surface area contributed by atoms with E-state index < -0.39 is 0 Å². The predicted molar refractivity (Wildman–Crippen MR) is 68.7 cm³/mol. The first-order valence-corrected chi connectivity index (χ1v) is 6.26. The number of hydrogen-bond acceptors (Lipinski definition) is 4. The molecule has 0 fully saturated rings. The van der Waals surface area contributed by atoms with Gasteiger partial charge in [0, 0.05) is 6.54 Å². The number of anilines is 1. The summed E-state index contributed by atoms with van der Waals surface area (Å²) >= 11 is 1.37. The molecule has 1 N–H and O–H groups in total. The lowest BCUT2D eigenvalue weighted by Gasteiger charge is -2.29. The van der Waals surface area contributed by atoms with Crippen LogP contribution in [0.15, 0.2) is 0 Å². The predicted octanol–water partition coefficient (Wildman–Crippen LogP) is 3.42. The van der Waals surface area contributed by atoms with Crippen molar-refractivity contribution in [1.29, 1.82) is 5.26 Å². The zero-order valence-electron chi connectivity index (χ0n) is 10.6. The molecule has 1 rings (SSSR count). The van der Waals surface area contributed by atoms with Crippen LogP contribution in [0.25, 0.3) is 0 Å². The third kappa shape index (κ3) is 2.73. The zero-order chi connectivity index (χ0) is 12.3. The molecule has 0 saturated heterocycles.